The number of aromatic nitrogens is 2. The highest BCUT2D eigenvalue weighted by Crippen LogP contribution is 2.27. The predicted molar refractivity (Wildman–Crippen MR) is 120 cm³/mol. The maximum atomic E-state index is 12.8. The number of hydrogen-bond acceptors (Lipinski definition) is 6. The Labute approximate surface area is 187 Å². The number of methoxy groups -OCH3 is 1. The first-order chi connectivity index (χ1) is 15.4. The van der Waals surface area contributed by atoms with Gasteiger partial charge in [-0.15, -0.1) is 0 Å². The van der Waals surface area contributed by atoms with E-state index in [4.69, 9.17) is 20.8 Å². The quantitative estimate of drug-likeness (QED) is 0.480. The number of hydrogen-bond donors (Lipinski definition) is 1. The molecule has 2 amide bonds. The summed E-state index contributed by atoms with van der Waals surface area (Å²) >= 11 is 5.97. The summed E-state index contributed by atoms with van der Waals surface area (Å²) < 4.78 is 12.0. The van der Waals surface area contributed by atoms with Crippen molar-refractivity contribution in [1.29, 1.82) is 0 Å². The third-order valence-electron chi connectivity index (χ3n) is 4.90. The first kappa shape index (κ1) is 21.4. The summed E-state index contributed by atoms with van der Waals surface area (Å²) in [4.78, 5) is 43.3. The first-order valence-corrected chi connectivity index (χ1v) is 9.99. The number of carbonyl (C=O) groups is 2. The molecular weight excluding hydrogens is 436 g/mol. The van der Waals surface area contributed by atoms with Crippen molar-refractivity contribution in [3.63, 3.8) is 0 Å². The van der Waals surface area contributed by atoms with Gasteiger partial charge in [-0.25, -0.2) is 4.98 Å². The Morgan fingerprint density at radius 2 is 2.03 bits per heavy atom. The van der Waals surface area contributed by atoms with Crippen LogP contribution in [-0.4, -0.2) is 47.0 Å². The van der Waals surface area contributed by atoms with Crippen LogP contribution in [0.15, 0.2) is 58.0 Å². The molecule has 0 atom stereocenters. The van der Waals surface area contributed by atoms with Gasteiger partial charge in [-0.05, 0) is 30.3 Å². The normalized spacial score (nSPS) is 11.0. The van der Waals surface area contributed by atoms with Crippen LogP contribution in [0.4, 0.5) is 5.69 Å². The molecule has 10 heteroatoms. The summed E-state index contributed by atoms with van der Waals surface area (Å²) in [6, 6.07) is 12.0. The van der Waals surface area contributed by atoms with Crippen LogP contribution in [-0.2, 0) is 16.1 Å². The van der Waals surface area contributed by atoms with Gasteiger partial charge < -0.3 is 19.4 Å². The fraction of sp³-hybridized carbons (Fsp3) is 0.182. The van der Waals surface area contributed by atoms with E-state index >= 15 is 0 Å². The third-order valence-corrected chi connectivity index (χ3v) is 5.13. The lowest BCUT2D eigenvalue weighted by molar-refractivity contribution is -0.133. The number of likely N-dealkylation sites (N-methyl/N-ethyl adjacent to an activating group) is 1. The number of rotatable bonds is 6. The fourth-order valence-electron chi connectivity index (χ4n) is 3.27. The number of anilines is 1. The van der Waals surface area contributed by atoms with E-state index in [0.717, 1.165) is 9.95 Å². The van der Waals surface area contributed by atoms with Crippen LogP contribution in [0.5, 0.6) is 5.75 Å². The molecule has 0 aliphatic rings. The van der Waals surface area contributed by atoms with Crippen molar-refractivity contribution in [3.05, 3.63) is 64.2 Å². The highest BCUT2D eigenvalue weighted by atomic mass is 35.5. The van der Waals surface area contributed by atoms with Crippen LogP contribution < -0.4 is 15.6 Å². The van der Waals surface area contributed by atoms with Crippen molar-refractivity contribution in [3.8, 4) is 5.75 Å². The molecule has 1 N–H and O–H groups in total. The SMILES string of the molecule is COc1ccc(Cl)cc1NC(=O)CN(C)C(=O)Cn1cnc2c(oc3ccccc32)c1=O. The zero-order chi connectivity index (χ0) is 22.8. The Morgan fingerprint density at radius 3 is 2.81 bits per heavy atom. The molecule has 0 aliphatic heterocycles. The second-order valence-electron chi connectivity index (χ2n) is 7.10. The Hall–Kier alpha value is -3.85. The van der Waals surface area contributed by atoms with E-state index in [-0.39, 0.29) is 18.7 Å². The lowest BCUT2D eigenvalue weighted by Crippen LogP contribution is -2.38. The lowest BCUT2D eigenvalue weighted by atomic mass is 10.2. The molecule has 0 saturated heterocycles. The van der Waals surface area contributed by atoms with Crippen molar-refractivity contribution in [2.45, 2.75) is 6.54 Å². The lowest BCUT2D eigenvalue weighted by Gasteiger charge is -2.18. The van der Waals surface area contributed by atoms with E-state index in [0.29, 0.717) is 27.6 Å². The molecule has 2 aromatic carbocycles. The van der Waals surface area contributed by atoms with Crippen LogP contribution in [0.2, 0.25) is 5.02 Å². The minimum Gasteiger partial charge on any atom is -0.495 e. The van der Waals surface area contributed by atoms with E-state index in [9.17, 15) is 14.4 Å². The number of nitrogens with one attached hydrogen (secondary N) is 1. The second kappa shape index (κ2) is 8.72. The van der Waals surface area contributed by atoms with Crippen LogP contribution in [0.25, 0.3) is 22.1 Å². The molecule has 4 rings (SSSR count). The number of furan rings is 1. The fourth-order valence-corrected chi connectivity index (χ4v) is 3.44. The molecule has 2 aromatic heterocycles. The Balaban J connectivity index is 1.47. The maximum absolute atomic E-state index is 12.8. The molecule has 32 heavy (non-hydrogen) atoms. The van der Waals surface area contributed by atoms with Crippen molar-refractivity contribution >= 4 is 51.2 Å². The van der Waals surface area contributed by atoms with Crippen molar-refractivity contribution < 1.29 is 18.7 Å². The summed E-state index contributed by atoms with van der Waals surface area (Å²) in [7, 11) is 2.94. The summed E-state index contributed by atoms with van der Waals surface area (Å²) in [5, 5.41) is 3.82. The van der Waals surface area contributed by atoms with Gasteiger partial charge in [-0.2, -0.15) is 0 Å². The Bertz CT molecular complexity index is 1390. The van der Waals surface area contributed by atoms with Gasteiger partial charge in [-0.1, -0.05) is 23.7 Å². The van der Waals surface area contributed by atoms with Gasteiger partial charge in [0.25, 0.3) is 5.56 Å². The molecule has 9 nitrogen and oxygen atoms in total. The van der Waals surface area contributed by atoms with E-state index in [1.807, 2.05) is 12.1 Å². The topological polar surface area (TPSA) is 107 Å². The first-order valence-electron chi connectivity index (χ1n) is 9.61. The van der Waals surface area contributed by atoms with Crippen LogP contribution in [0.1, 0.15) is 0 Å². The van der Waals surface area contributed by atoms with Gasteiger partial charge in [0.1, 0.15) is 23.4 Å². The number of amides is 2. The smallest absolute Gasteiger partial charge is 0.297 e. The molecule has 0 aliphatic carbocycles. The number of carbonyl (C=O) groups excluding carboxylic acids is 2. The van der Waals surface area contributed by atoms with Gasteiger partial charge >= 0.3 is 0 Å². The van der Waals surface area contributed by atoms with Crippen LogP contribution in [0.3, 0.4) is 0 Å². The molecule has 0 unspecified atom stereocenters. The molecular formula is C22H19ClN4O5. The minimum absolute atomic E-state index is 0.0787. The summed E-state index contributed by atoms with van der Waals surface area (Å²) in [5.41, 5.74) is 0.983. The summed E-state index contributed by atoms with van der Waals surface area (Å²) in [6.07, 6.45) is 1.30. The molecule has 4 aromatic rings. The minimum atomic E-state index is -0.471. The summed E-state index contributed by atoms with van der Waals surface area (Å²) in [5.74, 6) is -0.453. The molecule has 164 valence electrons. The average molecular weight is 455 g/mol. The number of para-hydroxylation sites is 1. The van der Waals surface area contributed by atoms with Gasteiger partial charge in [0.05, 0.1) is 25.7 Å². The predicted octanol–water partition coefficient (Wildman–Crippen LogP) is 2.90. The van der Waals surface area contributed by atoms with Crippen LogP contribution in [0, 0.1) is 0 Å². The van der Waals surface area contributed by atoms with E-state index in [1.54, 1.807) is 30.3 Å². The number of halogens is 1. The maximum Gasteiger partial charge on any atom is 0.297 e. The zero-order valence-electron chi connectivity index (χ0n) is 17.3. The Kier molecular flexibility index (Phi) is 5.83. The monoisotopic (exact) mass is 454 g/mol. The van der Waals surface area contributed by atoms with Crippen molar-refractivity contribution in [1.82, 2.24) is 14.5 Å². The van der Waals surface area contributed by atoms with Gasteiger partial charge in [-0.3, -0.25) is 19.0 Å². The van der Waals surface area contributed by atoms with E-state index in [2.05, 4.69) is 10.3 Å². The molecule has 0 fully saturated rings. The Morgan fingerprint density at radius 1 is 1.25 bits per heavy atom. The highest BCUT2D eigenvalue weighted by Gasteiger charge is 2.18. The number of ether oxygens (including phenoxy) is 1. The highest BCUT2D eigenvalue weighted by molar-refractivity contribution is 6.31. The van der Waals surface area contributed by atoms with E-state index < -0.39 is 17.4 Å². The average Bonchev–Trinajstić information content (AvgIpc) is 3.15. The summed E-state index contributed by atoms with van der Waals surface area (Å²) in [6.45, 7) is -0.521. The van der Waals surface area contributed by atoms with Crippen LogP contribution >= 0.6 is 11.6 Å². The molecule has 0 spiro atoms. The number of fused-ring (bicyclic) bond motifs is 3. The van der Waals surface area contributed by atoms with Gasteiger partial charge in [0, 0.05) is 17.5 Å². The zero-order valence-corrected chi connectivity index (χ0v) is 18.0. The van der Waals surface area contributed by atoms with Gasteiger partial charge in [0.2, 0.25) is 17.4 Å². The molecule has 0 radical (unpaired) electrons. The number of nitrogens with zero attached hydrogens (tertiary/aromatic N) is 3. The number of benzene rings is 2. The molecule has 0 saturated carbocycles. The van der Waals surface area contributed by atoms with Crippen molar-refractivity contribution in [2.24, 2.45) is 0 Å². The largest absolute Gasteiger partial charge is 0.495 e. The second-order valence-corrected chi connectivity index (χ2v) is 7.53. The standard InChI is InChI=1S/C22H19ClN4O5/c1-26(10-18(28)25-15-9-13(23)7-8-17(15)31-2)19(29)11-27-12-24-20-14-5-3-4-6-16(14)32-21(20)22(27)30/h3-9,12H,10-11H2,1-2H3,(H,25,28). The van der Waals surface area contributed by atoms with Gasteiger partial charge in [0.15, 0.2) is 0 Å². The van der Waals surface area contributed by atoms with E-state index in [1.165, 1.54) is 25.4 Å². The third kappa shape index (κ3) is 4.15. The molecule has 0 bridgehead atoms. The molecule has 2 heterocycles. The van der Waals surface area contributed by atoms with Crippen molar-refractivity contribution in [2.75, 3.05) is 26.0 Å².